The van der Waals surface area contributed by atoms with Crippen molar-refractivity contribution < 1.29 is 18.0 Å². The van der Waals surface area contributed by atoms with Crippen LogP contribution in [0, 0.1) is 0 Å². The minimum atomic E-state index is -4.41. The lowest BCUT2D eigenvalue weighted by Crippen LogP contribution is -2.22. The monoisotopic (exact) mass is 296 g/mol. The molecular weight excluding hydrogens is 289 g/mol. The first-order chi connectivity index (χ1) is 7.30. The number of amides is 1. The maximum atomic E-state index is 12.4. The van der Waals surface area contributed by atoms with Crippen LogP contribution < -0.4 is 11.1 Å². The molecular formula is C9H8BrF3N2O. The van der Waals surface area contributed by atoms with Crippen molar-refractivity contribution in [2.24, 2.45) is 5.73 Å². The fourth-order valence-electron chi connectivity index (χ4n) is 1.02. The van der Waals surface area contributed by atoms with Crippen LogP contribution in [0.3, 0.4) is 0 Å². The van der Waals surface area contributed by atoms with Crippen LogP contribution in [0.15, 0.2) is 22.7 Å². The van der Waals surface area contributed by atoms with Gasteiger partial charge in [0.15, 0.2) is 0 Å². The molecule has 7 heteroatoms. The molecule has 0 atom stereocenters. The maximum Gasteiger partial charge on any atom is 0.416 e. The van der Waals surface area contributed by atoms with Gasteiger partial charge in [-0.1, -0.05) is 0 Å². The molecule has 0 fully saturated rings. The van der Waals surface area contributed by atoms with Gasteiger partial charge in [0.1, 0.15) is 0 Å². The Balaban J connectivity index is 2.95. The van der Waals surface area contributed by atoms with E-state index >= 15 is 0 Å². The minimum Gasteiger partial charge on any atom is -0.375 e. The third-order valence-corrected chi connectivity index (χ3v) is 2.44. The second-order valence-corrected chi connectivity index (χ2v) is 3.87. The van der Waals surface area contributed by atoms with Crippen LogP contribution in [0.5, 0.6) is 0 Å². The van der Waals surface area contributed by atoms with E-state index in [1.165, 1.54) is 6.07 Å². The number of hydrogen-bond acceptors (Lipinski definition) is 2. The number of nitrogens with two attached hydrogens (primary N) is 1. The second kappa shape index (κ2) is 4.73. The maximum absolute atomic E-state index is 12.4. The molecule has 0 aliphatic carbocycles. The smallest absolute Gasteiger partial charge is 0.375 e. The molecule has 0 saturated carbocycles. The lowest BCUT2D eigenvalue weighted by molar-refractivity contribution is -0.137. The summed E-state index contributed by atoms with van der Waals surface area (Å²) >= 11 is 3.07. The molecule has 3 N–H and O–H groups in total. The fraction of sp³-hybridized carbons (Fsp3) is 0.222. The lowest BCUT2D eigenvalue weighted by Gasteiger charge is -2.11. The summed E-state index contributed by atoms with van der Waals surface area (Å²) in [4.78, 5) is 10.5. The van der Waals surface area contributed by atoms with Gasteiger partial charge in [0.05, 0.1) is 12.1 Å². The first-order valence-corrected chi connectivity index (χ1v) is 4.99. The zero-order valence-electron chi connectivity index (χ0n) is 7.94. The number of benzene rings is 1. The van der Waals surface area contributed by atoms with Crippen molar-refractivity contribution in [3.05, 3.63) is 28.2 Å². The molecule has 0 radical (unpaired) electrons. The molecule has 0 aromatic heterocycles. The third kappa shape index (κ3) is 3.41. The summed E-state index contributed by atoms with van der Waals surface area (Å²) in [6.45, 7) is -0.222. The minimum absolute atomic E-state index is 0.175. The van der Waals surface area contributed by atoms with E-state index in [4.69, 9.17) is 5.73 Å². The zero-order chi connectivity index (χ0) is 12.3. The summed E-state index contributed by atoms with van der Waals surface area (Å²) in [6, 6.07) is 3.11. The molecule has 1 amide bonds. The standard InChI is InChI=1S/C9H8BrF3N2O/c10-6-2-1-5(9(11,12)13)3-7(6)15-4-8(14)16/h1-3,15H,4H2,(H2,14,16). The van der Waals surface area contributed by atoms with Gasteiger partial charge < -0.3 is 11.1 Å². The molecule has 1 rings (SSSR count). The highest BCUT2D eigenvalue weighted by molar-refractivity contribution is 9.10. The summed E-state index contributed by atoms with van der Waals surface area (Å²) in [6.07, 6.45) is -4.41. The lowest BCUT2D eigenvalue weighted by atomic mass is 10.2. The predicted molar refractivity (Wildman–Crippen MR) is 56.8 cm³/mol. The van der Waals surface area contributed by atoms with Gasteiger partial charge in [-0.05, 0) is 34.1 Å². The highest BCUT2D eigenvalue weighted by Crippen LogP contribution is 2.33. The van der Waals surface area contributed by atoms with Crippen molar-refractivity contribution in [2.45, 2.75) is 6.18 Å². The number of anilines is 1. The van der Waals surface area contributed by atoms with Gasteiger partial charge in [-0.15, -0.1) is 0 Å². The summed E-state index contributed by atoms with van der Waals surface area (Å²) < 4.78 is 37.5. The Hall–Kier alpha value is -1.24. The van der Waals surface area contributed by atoms with Gasteiger partial charge in [-0.25, -0.2) is 0 Å². The Morgan fingerprint density at radius 1 is 1.44 bits per heavy atom. The van der Waals surface area contributed by atoms with Gasteiger partial charge in [-0.2, -0.15) is 13.2 Å². The van der Waals surface area contributed by atoms with Crippen LogP contribution in [0.1, 0.15) is 5.56 Å². The topological polar surface area (TPSA) is 55.1 Å². The molecule has 0 unspecified atom stereocenters. The van der Waals surface area contributed by atoms with Gasteiger partial charge in [0.2, 0.25) is 5.91 Å². The predicted octanol–water partition coefficient (Wildman–Crippen LogP) is 2.37. The molecule has 0 heterocycles. The normalized spacial score (nSPS) is 11.2. The first-order valence-electron chi connectivity index (χ1n) is 4.19. The van der Waals surface area contributed by atoms with Gasteiger partial charge in [-0.3, -0.25) is 4.79 Å². The van der Waals surface area contributed by atoms with Crippen molar-refractivity contribution in [1.82, 2.24) is 0 Å². The third-order valence-electron chi connectivity index (χ3n) is 1.75. The Bertz CT molecular complexity index is 406. The van der Waals surface area contributed by atoms with Crippen molar-refractivity contribution >= 4 is 27.5 Å². The Labute approximate surface area is 97.9 Å². The molecule has 0 spiro atoms. The van der Waals surface area contributed by atoms with Crippen LogP contribution in [-0.4, -0.2) is 12.5 Å². The fourth-order valence-corrected chi connectivity index (χ4v) is 1.41. The molecule has 16 heavy (non-hydrogen) atoms. The number of rotatable bonds is 3. The van der Waals surface area contributed by atoms with Crippen LogP contribution in [-0.2, 0) is 11.0 Å². The zero-order valence-corrected chi connectivity index (χ0v) is 9.52. The number of nitrogens with one attached hydrogen (secondary N) is 1. The van der Waals surface area contributed by atoms with Crippen molar-refractivity contribution in [1.29, 1.82) is 0 Å². The second-order valence-electron chi connectivity index (χ2n) is 3.01. The summed E-state index contributed by atoms with van der Waals surface area (Å²) in [5, 5.41) is 2.50. The molecule has 88 valence electrons. The number of hydrogen-bond donors (Lipinski definition) is 2. The largest absolute Gasteiger partial charge is 0.416 e. The van der Waals surface area contributed by atoms with Crippen LogP contribution in [0.4, 0.5) is 18.9 Å². The first kappa shape index (κ1) is 12.8. The van der Waals surface area contributed by atoms with Gasteiger partial charge >= 0.3 is 6.18 Å². The summed E-state index contributed by atoms with van der Waals surface area (Å²) in [5.74, 6) is -0.649. The molecule has 3 nitrogen and oxygen atoms in total. The number of carbonyl (C=O) groups is 1. The highest BCUT2D eigenvalue weighted by Gasteiger charge is 2.30. The SMILES string of the molecule is NC(=O)CNc1cc(C(F)(F)F)ccc1Br. The average Bonchev–Trinajstić information content (AvgIpc) is 2.14. The van der Waals surface area contributed by atoms with E-state index in [9.17, 15) is 18.0 Å². The Morgan fingerprint density at radius 3 is 2.56 bits per heavy atom. The number of primary amides is 1. The average molecular weight is 297 g/mol. The molecule has 0 aliphatic heterocycles. The van der Waals surface area contributed by atoms with E-state index in [1.54, 1.807) is 0 Å². The molecule has 0 saturated heterocycles. The quantitative estimate of drug-likeness (QED) is 0.900. The summed E-state index contributed by atoms with van der Waals surface area (Å²) in [5.41, 5.74) is 4.26. The van der Waals surface area contributed by atoms with Crippen molar-refractivity contribution in [3.63, 3.8) is 0 Å². The number of halogens is 4. The molecule has 1 aromatic carbocycles. The Kier molecular flexibility index (Phi) is 3.79. The molecule has 0 aliphatic rings. The number of carbonyl (C=O) groups excluding carboxylic acids is 1. The van der Waals surface area contributed by atoms with E-state index in [1.807, 2.05) is 0 Å². The van der Waals surface area contributed by atoms with E-state index < -0.39 is 17.6 Å². The van der Waals surface area contributed by atoms with Crippen LogP contribution in [0.25, 0.3) is 0 Å². The Morgan fingerprint density at radius 2 is 2.06 bits per heavy atom. The van der Waals surface area contributed by atoms with E-state index in [-0.39, 0.29) is 12.2 Å². The highest BCUT2D eigenvalue weighted by atomic mass is 79.9. The van der Waals surface area contributed by atoms with Crippen molar-refractivity contribution in [2.75, 3.05) is 11.9 Å². The van der Waals surface area contributed by atoms with Crippen LogP contribution >= 0.6 is 15.9 Å². The van der Waals surface area contributed by atoms with Crippen molar-refractivity contribution in [3.8, 4) is 0 Å². The van der Waals surface area contributed by atoms with E-state index in [0.29, 0.717) is 4.47 Å². The van der Waals surface area contributed by atoms with Gasteiger partial charge in [0.25, 0.3) is 0 Å². The molecule has 0 bridgehead atoms. The van der Waals surface area contributed by atoms with E-state index in [0.717, 1.165) is 12.1 Å². The van der Waals surface area contributed by atoms with Crippen LogP contribution in [0.2, 0.25) is 0 Å². The van der Waals surface area contributed by atoms with Gasteiger partial charge in [0, 0.05) is 10.2 Å². The van der Waals surface area contributed by atoms with E-state index in [2.05, 4.69) is 21.2 Å². The number of alkyl halides is 3. The molecule has 1 aromatic rings. The summed E-state index contributed by atoms with van der Waals surface area (Å²) in [7, 11) is 0.